The molecule has 33 heavy (non-hydrogen) atoms. The Bertz CT molecular complexity index is 825. The fraction of sp³-hybridized carbons (Fsp3) is 0.967. The average molecular weight is 459 g/mol. The maximum Gasteiger partial charge on any atom is 0.138 e. The van der Waals surface area contributed by atoms with E-state index in [9.17, 15) is 15.0 Å². The van der Waals surface area contributed by atoms with E-state index in [1.54, 1.807) is 13.8 Å². The van der Waals surface area contributed by atoms with Crippen LogP contribution in [0.3, 0.4) is 0 Å². The van der Waals surface area contributed by atoms with Crippen LogP contribution in [0.1, 0.15) is 119 Å². The number of fused-ring (bicyclic) bond motifs is 2. The van der Waals surface area contributed by atoms with E-state index >= 15 is 0 Å². The smallest absolute Gasteiger partial charge is 0.138 e. The Balaban J connectivity index is 1.37. The summed E-state index contributed by atoms with van der Waals surface area (Å²) in [6, 6.07) is 0. The number of aliphatic hydroxyl groups excluding tert-OH is 1. The number of rotatable bonds is 5. The lowest BCUT2D eigenvalue weighted by Gasteiger charge is -2.62. The standard InChI is InChI=1S/C30H50O3/c1-19(8-11-24(32)26(4,5)33)20-12-14-28(7)22-10-9-21-25(2,3)23(31)13-15-29(21)18-30(22,29)17-16-27(20,28)6/h19-22,24,32-33H,8-18H2,1-7H3/t19-,20-,21-,22+,24-,27-,28+,29-,30+/m1/s1. The Kier molecular flexibility index (Phi) is 5.22. The summed E-state index contributed by atoms with van der Waals surface area (Å²) < 4.78 is 0. The average Bonchev–Trinajstić information content (AvgIpc) is 3.31. The second-order valence-corrected chi connectivity index (χ2v) is 15.0. The van der Waals surface area contributed by atoms with E-state index in [-0.39, 0.29) is 5.41 Å². The Morgan fingerprint density at radius 1 is 0.909 bits per heavy atom. The molecule has 3 heteroatoms. The lowest BCUT2D eigenvalue weighted by atomic mass is 9.42. The molecule has 2 N–H and O–H groups in total. The first kappa shape index (κ1) is 24.3. The highest BCUT2D eigenvalue weighted by molar-refractivity contribution is 5.86. The second-order valence-electron chi connectivity index (χ2n) is 15.0. The van der Waals surface area contributed by atoms with Gasteiger partial charge in [-0.25, -0.2) is 0 Å². The molecule has 5 aliphatic rings. The van der Waals surface area contributed by atoms with E-state index in [2.05, 4.69) is 34.6 Å². The van der Waals surface area contributed by atoms with Gasteiger partial charge in [-0.3, -0.25) is 4.79 Å². The predicted octanol–water partition coefficient (Wildman–Crippen LogP) is 6.54. The molecule has 2 spiro atoms. The van der Waals surface area contributed by atoms with Gasteiger partial charge in [0.25, 0.3) is 0 Å². The van der Waals surface area contributed by atoms with Crippen LogP contribution in [0.2, 0.25) is 0 Å². The maximum absolute atomic E-state index is 12.8. The predicted molar refractivity (Wildman–Crippen MR) is 133 cm³/mol. The minimum atomic E-state index is -1.01. The van der Waals surface area contributed by atoms with Crippen molar-refractivity contribution in [1.82, 2.24) is 0 Å². The van der Waals surface area contributed by atoms with Crippen LogP contribution in [0.25, 0.3) is 0 Å². The van der Waals surface area contributed by atoms with E-state index in [0.717, 1.165) is 25.2 Å². The monoisotopic (exact) mass is 458 g/mol. The van der Waals surface area contributed by atoms with Crippen molar-refractivity contribution in [2.24, 2.45) is 50.7 Å². The highest BCUT2D eigenvalue weighted by Gasteiger charge is 2.82. The van der Waals surface area contributed by atoms with Crippen molar-refractivity contribution in [3.05, 3.63) is 0 Å². The fourth-order valence-corrected chi connectivity index (χ4v) is 11.1. The number of hydrogen-bond donors (Lipinski definition) is 2. The Morgan fingerprint density at radius 3 is 2.21 bits per heavy atom. The van der Waals surface area contributed by atoms with Gasteiger partial charge in [-0.1, -0.05) is 34.6 Å². The minimum absolute atomic E-state index is 0.123. The van der Waals surface area contributed by atoms with Crippen molar-refractivity contribution in [2.75, 3.05) is 0 Å². The Labute approximate surface area is 202 Å². The van der Waals surface area contributed by atoms with Crippen LogP contribution in [0, 0.1) is 50.7 Å². The van der Waals surface area contributed by atoms with Crippen molar-refractivity contribution in [2.45, 2.75) is 131 Å². The van der Waals surface area contributed by atoms with Crippen molar-refractivity contribution in [3.63, 3.8) is 0 Å². The number of carbonyl (C=O) groups is 1. The summed E-state index contributed by atoms with van der Waals surface area (Å²) in [6.45, 7) is 15.7. The summed E-state index contributed by atoms with van der Waals surface area (Å²) in [5.41, 5.74) is 0.606. The summed E-state index contributed by atoms with van der Waals surface area (Å²) in [4.78, 5) is 12.8. The molecule has 0 radical (unpaired) electrons. The summed E-state index contributed by atoms with van der Waals surface area (Å²) in [6.07, 6.45) is 12.4. The molecule has 0 aliphatic heterocycles. The largest absolute Gasteiger partial charge is 0.390 e. The highest BCUT2D eigenvalue weighted by atomic mass is 16.3. The number of hydrogen-bond acceptors (Lipinski definition) is 3. The second kappa shape index (κ2) is 7.09. The van der Waals surface area contributed by atoms with Gasteiger partial charge in [0.1, 0.15) is 5.78 Å². The fourth-order valence-electron chi connectivity index (χ4n) is 11.1. The molecule has 0 saturated heterocycles. The van der Waals surface area contributed by atoms with Gasteiger partial charge in [0, 0.05) is 11.8 Å². The molecule has 5 fully saturated rings. The summed E-state index contributed by atoms with van der Waals surface area (Å²) in [5, 5.41) is 20.6. The SMILES string of the molecule is C[C@H](CC[C@@H](O)C(C)(C)O)[C@H]1CC[C@@]2(C)[C@@H]3CC[C@@H]4C(C)(C)C(=O)CC[C@@]45C[C@@]35CC[C@]12C. The molecule has 9 atom stereocenters. The van der Waals surface area contributed by atoms with Crippen molar-refractivity contribution >= 4 is 5.78 Å². The van der Waals surface area contributed by atoms with Crippen LogP contribution in [0.5, 0.6) is 0 Å². The molecule has 5 aliphatic carbocycles. The van der Waals surface area contributed by atoms with Crippen LogP contribution in [0.4, 0.5) is 0 Å². The van der Waals surface area contributed by atoms with E-state index in [0.29, 0.717) is 51.6 Å². The molecule has 0 bridgehead atoms. The van der Waals surface area contributed by atoms with Gasteiger partial charge in [0.15, 0.2) is 0 Å². The molecule has 0 unspecified atom stereocenters. The van der Waals surface area contributed by atoms with Crippen LogP contribution in [0.15, 0.2) is 0 Å². The summed E-state index contributed by atoms with van der Waals surface area (Å²) >= 11 is 0. The van der Waals surface area contributed by atoms with E-state index in [1.165, 1.54) is 44.9 Å². The molecule has 0 aromatic heterocycles. The van der Waals surface area contributed by atoms with Gasteiger partial charge in [-0.2, -0.15) is 0 Å². The third-order valence-corrected chi connectivity index (χ3v) is 13.3. The number of aliphatic hydroxyl groups is 2. The first-order valence-electron chi connectivity index (χ1n) is 14.1. The molecule has 5 saturated carbocycles. The molecule has 0 heterocycles. The Morgan fingerprint density at radius 2 is 1.55 bits per heavy atom. The first-order valence-corrected chi connectivity index (χ1v) is 14.1. The molecular formula is C30H50O3. The van der Waals surface area contributed by atoms with E-state index in [4.69, 9.17) is 0 Å². The van der Waals surface area contributed by atoms with Crippen molar-refractivity contribution in [1.29, 1.82) is 0 Å². The highest BCUT2D eigenvalue weighted by Crippen LogP contribution is 2.88. The lowest BCUT2D eigenvalue weighted by molar-refractivity contribution is -0.157. The summed E-state index contributed by atoms with van der Waals surface area (Å²) in [5.74, 6) is 3.25. The third kappa shape index (κ3) is 2.96. The number of carbonyl (C=O) groups excluding carboxylic acids is 1. The van der Waals surface area contributed by atoms with Crippen LogP contribution in [-0.2, 0) is 4.79 Å². The van der Waals surface area contributed by atoms with Gasteiger partial charge in [0.2, 0.25) is 0 Å². The van der Waals surface area contributed by atoms with Crippen LogP contribution in [-0.4, -0.2) is 27.7 Å². The van der Waals surface area contributed by atoms with Gasteiger partial charge in [-0.05, 0) is 123 Å². The first-order chi connectivity index (χ1) is 15.2. The van der Waals surface area contributed by atoms with E-state index < -0.39 is 11.7 Å². The van der Waals surface area contributed by atoms with Crippen LogP contribution < -0.4 is 0 Å². The normalized spacial score (nSPS) is 50.0. The molecule has 188 valence electrons. The van der Waals surface area contributed by atoms with E-state index in [1.807, 2.05) is 0 Å². The summed E-state index contributed by atoms with van der Waals surface area (Å²) in [7, 11) is 0. The van der Waals surface area contributed by atoms with Gasteiger partial charge < -0.3 is 10.2 Å². The molecule has 0 aromatic rings. The molecule has 3 nitrogen and oxygen atoms in total. The van der Waals surface area contributed by atoms with Gasteiger partial charge >= 0.3 is 0 Å². The maximum atomic E-state index is 12.8. The zero-order chi connectivity index (χ0) is 24.2. The number of ketones is 1. The molecular weight excluding hydrogens is 408 g/mol. The third-order valence-electron chi connectivity index (χ3n) is 13.3. The van der Waals surface area contributed by atoms with Gasteiger partial charge in [0.05, 0.1) is 11.7 Å². The van der Waals surface area contributed by atoms with Crippen LogP contribution >= 0.6 is 0 Å². The molecule has 0 amide bonds. The molecule has 5 rings (SSSR count). The number of Topliss-reactive ketones (excluding diaryl/α,β-unsaturated/α-hetero) is 1. The van der Waals surface area contributed by atoms with Crippen molar-refractivity contribution < 1.29 is 15.0 Å². The quantitative estimate of drug-likeness (QED) is 0.491. The topological polar surface area (TPSA) is 57.5 Å². The van der Waals surface area contributed by atoms with Crippen molar-refractivity contribution in [3.8, 4) is 0 Å². The zero-order valence-electron chi connectivity index (χ0n) is 22.5. The molecule has 0 aromatic carbocycles. The Hall–Kier alpha value is -0.410. The minimum Gasteiger partial charge on any atom is -0.390 e. The lowest BCUT2D eigenvalue weighted by Crippen LogP contribution is -2.57. The van der Waals surface area contributed by atoms with Gasteiger partial charge in [-0.15, -0.1) is 0 Å². The zero-order valence-corrected chi connectivity index (χ0v) is 22.5.